The summed E-state index contributed by atoms with van der Waals surface area (Å²) in [6.07, 6.45) is 1.79. The Balaban J connectivity index is 1.38. The number of Topliss-reactive ketones (excluding diaryl/α,β-unsaturated/α-hetero) is 1. The second kappa shape index (κ2) is 11.0. The van der Waals surface area contributed by atoms with Gasteiger partial charge in [-0.2, -0.15) is 19.5 Å². The molecule has 3 aromatic rings. The van der Waals surface area contributed by atoms with Gasteiger partial charge in [-0.1, -0.05) is 23.2 Å². The van der Waals surface area contributed by atoms with Crippen molar-refractivity contribution in [3.8, 4) is 17.9 Å². The Morgan fingerprint density at radius 1 is 1.24 bits per heavy atom. The minimum atomic E-state index is -0.613. The van der Waals surface area contributed by atoms with E-state index < -0.39 is 5.26 Å². The van der Waals surface area contributed by atoms with Crippen LogP contribution in [0.3, 0.4) is 0 Å². The molecule has 1 aliphatic rings. The molecule has 178 valence electrons. The van der Waals surface area contributed by atoms with E-state index in [1.54, 1.807) is 0 Å². The van der Waals surface area contributed by atoms with Gasteiger partial charge in [0.2, 0.25) is 0 Å². The zero-order chi connectivity index (χ0) is 23.9. The summed E-state index contributed by atoms with van der Waals surface area (Å²) < 4.78 is 18.6. The van der Waals surface area contributed by atoms with Crippen LogP contribution in [-0.2, 0) is 0 Å². The quantitative estimate of drug-likeness (QED) is 0.368. The minimum Gasteiger partial charge on any atom is -0.450 e. The van der Waals surface area contributed by atoms with Crippen LogP contribution >= 0.6 is 11.3 Å². The van der Waals surface area contributed by atoms with Gasteiger partial charge >= 0.3 is 6.01 Å². The highest BCUT2D eigenvalue weighted by atomic mass is 32.1. The lowest BCUT2D eigenvalue weighted by Crippen LogP contribution is -2.44. The number of carbonyl (C=O) groups excluding carboxylic acids is 1. The van der Waals surface area contributed by atoms with E-state index in [0.717, 1.165) is 49.0 Å². The standard InChI is InChI=1S/C22H25FN8O2S/c1-15-12-19(29-28-15)25-18-13-20(31-9-7-30(2)8-10-31)27-22(26-18)33-11-5-3-4-6-16(32)17-14-24-21(23)34-17/h12-14H,4,6-11H2,1-2H3,(H2,25,26,27,28,29). The number of nitrogens with one attached hydrogen (secondary N) is 2. The molecule has 34 heavy (non-hydrogen) atoms. The molecule has 3 aromatic heterocycles. The van der Waals surface area contributed by atoms with Crippen LogP contribution in [0.5, 0.6) is 6.01 Å². The lowest BCUT2D eigenvalue weighted by molar-refractivity contribution is 0.0988. The number of ether oxygens (including phenoxy) is 1. The van der Waals surface area contributed by atoms with E-state index in [2.05, 4.69) is 59.2 Å². The lowest BCUT2D eigenvalue weighted by Gasteiger charge is -2.33. The van der Waals surface area contributed by atoms with Crippen molar-refractivity contribution >= 4 is 34.6 Å². The third-order valence-electron chi connectivity index (χ3n) is 5.11. The van der Waals surface area contributed by atoms with Crippen molar-refractivity contribution in [2.75, 3.05) is 50.1 Å². The van der Waals surface area contributed by atoms with Crippen molar-refractivity contribution < 1.29 is 13.9 Å². The van der Waals surface area contributed by atoms with E-state index in [0.29, 0.717) is 22.9 Å². The van der Waals surface area contributed by atoms with E-state index in [1.165, 1.54) is 6.20 Å². The number of thiazole rings is 1. The number of aromatic amines is 1. The zero-order valence-corrected chi connectivity index (χ0v) is 19.8. The van der Waals surface area contributed by atoms with Crippen LogP contribution in [0.2, 0.25) is 0 Å². The molecule has 0 spiro atoms. The number of hydrogen-bond acceptors (Lipinski definition) is 10. The fraction of sp³-hybridized carbons (Fsp3) is 0.409. The molecule has 0 aliphatic carbocycles. The average Bonchev–Trinajstić information content (AvgIpc) is 3.44. The second-order valence-electron chi connectivity index (χ2n) is 7.79. The molecule has 0 amide bonds. The molecule has 2 N–H and O–H groups in total. The summed E-state index contributed by atoms with van der Waals surface area (Å²) in [5.74, 6) is 7.58. The zero-order valence-electron chi connectivity index (χ0n) is 19.0. The van der Waals surface area contributed by atoms with Crippen molar-refractivity contribution in [1.82, 2.24) is 30.0 Å². The molecule has 1 saturated heterocycles. The Kier molecular flexibility index (Phi) is 7.66. The number of aromatic nitrogens is 5. The highest BCUT2D eigenvalue weighted by Crippen LogP contribution is 2.23. The maximum Gasteiger partial charge on any atom is 0.321 e. The number of likely N-dealkylation sites (N-methyl/N-ethyl adjacent to an activating group) is 1. The molecule has 10 nitrogen and oxygen atoms in total. The first-order valence-corrected chi connectivity index (χ1v) is 11.6. The van der Waals surface area contributed by atoms with Crippen molar-refractivity contribution in [2.45, 2.75) is 19.8 Å². The summed E-state index contributed by atoms with van der Waals surface area (Å²) in [5, 5.41) is 9.65. The Bertz CT molecular complexity index is 1190. The van der Waals surface area contributed by atoms with E-state index in [4.69, 9.17) is 4.74 Å². The van der Waals surface area contributed by atoms with Gasteiger partial charge in [-0.25, -0.2) is 4.98 Å². The Hall–Kier alpha value is -3.56. The summed E-state index contributed by atoms with van der Waals surface area (Å²) in [5.41, 5.74) is 0.932. The predicted molar refractivity (Wildman–Crippen MR) is 127 cm³/mol. The second-order valence-corrected chi connectivity index (χ2v) is 8.77. The first kappa shape index (κ1) is 23.6. The van der Waals surface area contributed by atoms with Gasteiger partial charge in [0.05, 0.1) is 11.1 Å². The molecular formula is C22H25FN8O2S. The number of hydrogen-bond donors (Lipinski definition) is 2. The first-order valence-electron chi connectivity index (χ1n) is 10.8. The summed E-state index contributed by atoms with van der Waals surface area (Å²) in [6, 6.07) is 3.96. The highest BCUT2D eigenvalue weighted by molar-refractivity contribution is 7.12. The molecule has 4 heterocycles. The highest BCUT2D eigenvalue weighted by Gasteiger charge is 2.18. The monoisotopic (exact) mass is 484 g/mol. The Morgan fingerprint density at radius 2 is 2.06 bits per heavy atom. The number of H-pyrrole nitrogens is 1. The number of halogens is 1. The van der Waals surface area contributed by atoms with Crippen molar-refractivity contribution in [3.63, 3.8) is 0 Å². The number of piperazine rings is 1. The maximum absolute atomic E-state index is 12.9. The normalized spacial score (nSPS) is 13.9. The van der Waals surface area contributed by atoms with Crippen molar-refractivity contribution in [3.05, 3.63) is 34.2 Å². The van der Waals surface area contributed by atoms with Crippen LogP contribution in [0.1, 0.15) is 28.2 Å². The maximum atomic E-state index is 12.9. The molecule has 0 radical (unpaired) electrons. The predicted octanol–water partition coefficient (Wildman–Crippen LogP) is 2.64. The number of anilines is 3. The summed E-state index contributed by atoms with van der Waals surface area (Å²) in [4.78, 5) is 29.2. The van der Waals surface area contributed by atoms with Gasteiger partial charge in [-0.15, -0.1) is 0 Å². The average molecular weight is 485 g/mol. The minimum absolute atomic E-state index is 0.0799. The van der Waals surface area contributed by atoms with Crippen LogP contribution in [0.4, 0.5) is 21.8 Å². The number of nitrogens with zero attached hydrogens (tertiary/aromatic N) is 6. The fourth-order valence-electron chi connectivity index (χ4n) is 3.27. The van der Waals surface area contributed by atoms with Gasteiger partial charge in [0, 0.05) is 56.8 Å². The number of carbonyl (C=O) groups is 1. The molecule has 0 unspecified atom stereocenters. The van der Waals surface area contributed by atoms with Crippen LogP contribution in [0, 0.1) is 24.0 Å². The molecule has 12 heteroatoms. The van der Waals surface area contributed by atoms with Gasteiger partial charge < -0.3 is 19.9 Å². The van der Waals surface area contributed by atoms with E-state index in [1.807, 2.05) is 19.1 Å². The largest absolute Gasteiger partial charge is 0.450 e. The number of aryl methyl sites for hydroxylation is 1. The summed E-state index contributed by atoms with van der Waals surface area (Å²) in [7, 11) is 2.10. The molecule has 0 aromatic carbocycles. The number of rotatable bonds is 8. The molecule has 0 atom stereocenters. The smallest absolute Gasteiger partial charge is 0.321 e. The molecule has 1 aliphatic heterocycles. The van der Waals surface area contributed by atoms with Gasteiger partial charge in [0.1, 0.15) is 11.6 Å². The lowest BCUT2D eigenvalue weighted by atomic mass is 10.2. The summed E-state index contributed by atoms with van der Waals surface area (Å²) >= 11 is 0.742. The fourth-order valence-corrected chi connectivity index (χ4v) is 3.88. The Morgan fingerprint density at radius 3 is 2.76 bits per heavy atom. The van der Waals surface area contributed by atoms with E-state index in [-0.39, 0.29) is 24.8 Å². The summed E-state index contributed by atoms with van der Waals surface area (Å²) in [6.45, 7) is 5.59. The molecule has 1 fully saturated rings. The van der Waals surface area contributed by atoms with Gasteiger partial charge in [0.15, 0.2) is 18.2 Å². The van der Waals surface area contributed by atoms with Crippen LogP contribution < -0.4 is 15.0 Å². The Labute approximate surface area is 200 Å². The molecular weight excluding hydrogens is 459 g/mol. The van der Waals surface area contributed by atoms with Crippen LogP contribution in [0.25, 0.3) is 0 Å². The van der Waals surface area contributed by atoms with Gasteiger partial charge in [-0.05, 0) is 14.0 Å². The third-order valence-corrected chi connectivity index (χ3v) is 5.94. The van der Waals surface area contributed by atoms with Crippen molar-refractivity contribution in [2.24, 2.45) is 0 Å². The molecule has 0 bridgehead atoms. The van der Waals surface area contributed by atoms with Gasteiger partial charge in [0.25, 0.3) is 5.26 Å². The van der Waals surface area contributed by atoms with E-state index in [9.17, 15) is 9.18 Å². The number of ketones is 1. The van der Waals surface area contributed by atoms with E-state index >= 15 is 0 Å². The third kappa shape index (κ3) is 6.49. The van der Waals surface area contributed by atoms with Crippen LogP contribution in [0.15, 0.2) is 18.3 Å². The SMILES string of the molecule is Cc1cc(Nc2cc(N3CCN(C)CC3)nc(OCC#CCCC(=O)c3cnc(F)s3)n2)n[nH]1. The van der Waals surface area contributed by atoms with Crippen LogP contribution in [-0.4, -0.2) is 75.7 Å². The van der Waals surface area contributed by atoms with Gasteiger partial charge in [-0.3, -0.25) is 9.89 Å². The topological polar surface area (TPSA) is 112 Å². The first-order chi connectivity index (χ1) is 16.5. The molecule has 4 rings (SSSR count). The van der Waals surface area contributed by atoms with Crippen molar-refractivity contribution in [1.29, 1.82) is 0 Å². The molecule has 0 saturated carbocycles.